The topological polar surface area (TPSA) is 96.4 Å². The number of thiazole rings is 1. The smallest absolute Gasteiger partial charge is 0.335 e. The minimum Gasteiger partial charge on any atom is -0.478 e. The van der Waals surface area contributed by atoms with Gasteiger partial charge in [0, 0.05) is 10.2 Å². The highest BCUT2D eigenvalue weighted by Crippen LogP contribution is 2.14. The van der Waals surface area contributed by atoms with Gasteiger partial charge in [0.1, 0.15) is 0 Å². The molecule has 110 valence electrons. The van der Waals surface area contributed by atoms with Crippen LogP contribution in [0.3, 0.4) is 0 Å². The molecule has 2 N–H and O–H groups in total. The van der Waals surface area contributed by atoms with E-state index in [0.29, 0.717) is 9.88 Å². The van der Waals surface area contributed by atoms with E-state index in [4.69, 9.17) is 5.11 Å². The molecule has 0 radical (unpaired) electrons. The Morgan fingerprint density at radius 3 is 2.43 bits per heavy atom. The number of carboxylic acids is 1. The molecule has 0 spiro atoms. The molecule has 0 aliphatic heterocycles. The Bertz CT molecular complexity index is 883. The molecule has 2 aromatic rings. The van der Waals surface area contributed by atoms with Crippen LogP contribution in [-0.4, -0.2) is 24.5 Å². The average molecular weight is 324 g/mol. The zero-order valence-corrected chi connectivity index (χ0v) is 12.7. The molecule has 0 unspecified atom stereocenters. The molecule has 0 amide bonds. The van der Waals surface area contributed by atoms with Gasteiger partial charge in [-0.15, -0.1) is 11.3 Å². The van der Waals surface area contributed by atoms with Crippen molar-refractivity contribution in [2.75, 3.05) is 4.72 Å². The summed E-state index contributed by atoms with van der Waals surface area (Å²) in [5.74, 6) is -1.07. The van der Waals surface area contributed by atoms with E-state index < -0.39 is 16.0 Å². The third-order valence-corrected chi connectivity index (χ3v) is 4.95. The molecule has 1 aromatic carbocycles. The first-order valence-corrected chi connectivity index (χ1v) is 8.13. The van der Waals surface area contributed by atoms with Gasteiger partial charge >= 0.3 is 5.97 Å². The molecule has 8 heteroatoms. The van der Waals surface area contributed by atoms with Crippen molar-refractivity contribution in [3.8, 4) is 0 Å². The van der Waals surface area contributed by atoms with Gasteiger partial charge < -0.3 is 5.11 Å². The lowest BCUT2D eigenvalue weighted by molar-refractivity contribution is 0.0697. The van der Waals surface area contributed by atoms with Crippen LogP contribution in [0.25, 0.3) is 11.5 Å². The van der Waals surface area contributed by atoms with E-state index in [1.54, 1.807) is 0 Å². The molecule has 0 saturated carbocycles. The van der Waals surface area contributed by atoms with Gasteiger partial charge in [-0.25, -0.2) is 18.2 Å². The Labute approximate surface area is 125 Å². The number of anilines is 1. The molecule has 2 rings (SSSR count). The zero-order valence-electron chi connectivity index (χ0n) is 11.0. The van der Waals surface area contributed by atoms with E-state index in [-0.39, 0.29) is 16.2 Å². The molecular weight excluding hydrogens is 312 g/mol. The lowest BCUT2D eigenvalue weighted by atomic mass is 10.2. The summed E-state index contributed by atoms with van der Waals surface area (Å²) in [6.45, 7) is 5.17. The molecule has 1 heterocycles. The van der Waals surface area contributed by atoms with Gasteiger partial charge in [0.05, 0.1) is 21.3 Å². The number of carboxylic acid groups (broad SMARTS) is 1. The Morgan fingerprint density at radius 2 is 1.95 bits per heavy atom. The predicted octanol–water partition coefficient (Wildman–Crippen LogP) is 0.822. The molecule has 0 aliphatic carbocycles. The molecule has 6 nitrogen and oxygen atoms in total. The van der Waals surface area contributed by atoms with Gasteiger partial charge in [0.2, 0.25) is 0 Å². The number of hydrogen-bond acceptors (Lipinski definition) is 5. The first kappa shape index (κ1) is 15.2. The minimum absolute atomic E-state index is 0.0658. The molecule has 1 aromatic heterocycles. The molecule has 0 fully saturated rings. The van der Waals surface area contributed by atoms with Gasteiger partial charge in [0.25, 0.3) is 10.0 Å². The lowest BCUT2D eigenvalue weighted by Crippen LogP contribution is -2.27. The largest absolute Gasteiger partial charge is 0.478 e. The van der Waals surface area contributed by atoms with E-state index in [1.165, 1.54) is 48.0 Å². The maximum absolute atomic E-state index is 12.2. The molecule has 21 heavy (non-hydrogen) atoms. The third kappa shape index (κ3) is 3.29. The number of aromatic nitrogens is 1. The van der Waals surface area contributed by atoms with Gasteiger partial charge in [0.15, 0.2) is 0 Å². The van der Waals surface area contributed by atoms with Crippen LogP contribution in [0.2, 0.25) is 0 Å². The second-order valence-corrected chi connectivity index (χ2v) is 6.93. The van der Waals surface area contributed by atoms with Gasteiger partial charge in [-0.05, 0) is 31.2 Å². The van der Waals surface area contributed by atoms with E-state index in [1.807, 2.05) is 0 Å². The fraction of sp³-hybridized carbons (Fsp3) is 0.0769. The van der Waals surface area contributed by atoms with Crippen LogP contribution in [0.15, 0.2) is 29.8 Å². The molecule has 0 bridgehead atoms. The Hall–Kier alpha value is -2.19. The van der Waals surface area contributed by atoms with Crippen molar-refractivity contribution < 1.29 is 18.3 Å². The van der Waals surface area contributed by atoms with Crippen LogP contribution >= 0.6 is 11.3 Å². The summed E-state index contributed by atoms with van der Waals surface area (Å²) >= 11 is 1.26. The maximum atomic E-state index is 12.2. The maximum Gasteiger partial charge on any atom is 0.335 e. The molecule has 0 atom stereocenters. The van der Waals surface area contributed by atoms with E-state index in [2.05, 4.69) is 16.3 Å². The molecule has 0 saturated heterocycles. The number of aromatic carboxylic acids is 1. The highest BCUT2D eigenvalue weighted by atomic mass is 32.2. The zero-order chi connectivity index (χ0) is 15.6. The first-order chi connectivity index (χ1) is 9.81. The van der Waals surface area contributed by atoms with E-state index in [9.17, 15) is 13.2 Å². The minimum atomic E-state index is -3.77. The summed E-state index contributed by atoms with van der Waals surface area (Å²) in [5.41, 5.74) is 1.89. The number of hydrogen-bond donors (Lipinski definition) is 2. The van der Waals surface area contributed by atoms with Crippen LogP contribution in [0.5, 0.6) is 0 Å². The number of nitrogens with zero attached hydrogens (tertiary/aromatic N) is 1. The fourth-order valence-corrected chi connectivity index (χ4v) is 3.29. The van der Waals surface area contributed by atoms with Crippen LogP contribution in [-0.2, 0) is 10.0 Å². The van der Waals surface area contributed by atoms with Crippen molar-refractivity contribution in [2.24, 2.45) is 0 Å². The van der Waals surface area contributed by atoms with Gasteiger partial charge in [-0.1, -0.05) is 6.58 Å². The van der Waals surface area contributed by atoms with Crippen LogP contribution in [0.1, 0.15) is 17.3 Å². The van der Waals surface area contributed by atoms with E-state index >= 15 is 0 Å². The van der Waals surface area contributed by atoms with Crippen molar-refractivity contribution in [3.63, 3.8) is 0 Å². The SMILES string of the molecule is C=c1scn/c1=C(/C)S(=O)(=O)Nc1ccc(C(=O)O)cc1. The normalized spacial score (nSPS) is 12.8. The summed E-state index contributed by atoms with van der Waals surface area (Å²) in [4.78, 5) is 14.8. The summed E-state index contributed by atoms with van der Waals surface area (Å²) < 4.78 is 27.4. The highest BCUT2D eigenvalue weighted by Gasteiger charge is 2.15. The monoisotopic (exact) mass is 324 g/mol. The number of carbonyl (C=O) groups is 1. The summed E-state index contributed by atoms with van der Waals surface area (Å²) in [6, 6.07) is 5.43. The van der Waals surface area contributed by atoms with Gasteiger partial charge in [-0.2, -0.15) is 0 Å². The number of rotatable bonds is 4. The van der Waals surface area contributed by atoms with Crippen molar-refractivity contribution >= 4 is 44.5 Å². The number of nitrogens with one attached hydrogen (secondary N) is 1. The molecule has 0 aliphatic rings. The lowest BCUT2D eigenvalue weighted by Gasteiger charge is -2.07. The molecular formula is C13H12N2O4S2. The van der Waals surface area contributed by atoms with E-state index in [0.717, 1.165) is 0 Å². The predicted molar refractivity (Wildman–Crippen MR) is 81.9 cm³/mol. The number of sulfonamides is 1. The van der Waals surface area contributed by atoms with Crippen LogP contribution in [0.4, 0.5) is 5.69 Å². The van der Waals surface area contributed by atoms with Gasteiger partial charge in [-0.3, -0.25) is 4.72 Å². The second kappa shape index (κ2) is 5.66. The third-order valence-electron chi connectivity index (χ3n) is 2.76. The highest BCUT2D eigenvalue weighted by molar-refractivity contribution is 8.01. The average Bonchev–Trinajstić information content (AvgIpc) is 2.84. The first-order valence-electron chi connectivity index (χ1n) is 5.77. The number of benzene rings is 1. The van der Waals surface area contributed by atoms with Crippen molar-refractivity contribution in [1.29, 1.82) is 0 Å². The summed E-state index contributed by atoms with van der Waals surface area (Å²) in [7, 11) is -3.77. The summed E-state index contributed by atoms with van der Waals surface area (Å²) in [6.07, 6.45) is 0. The quantitative estimate of drug-likeness (QED) is 0.868. The van der Waals surface area contributed by atoms with Crippen molar-refractivity contribution in [1.82, 2.24) is 4.98 Å². The van der Waals surface area contributed by atoms with Crippen molar-refractivity contribution in [2.45, 2.75) is 6.92 Å². The standard InChI is InChI=1S/C13H12N2O4S2/c1-8-12(14-7-20-8)9(2)21(18,19)15-11-5-3-10(4-6-11)13(16)17/h3-7,15H,1H2,2H3,(H,16,17)/b12-9-. The second-order valence-electron chi connectivity index (χ2n) is 4.17. The Balaban J connectivity index is 2.37. The Morgan fingerprint density at radius 1 is 1.33 bits per heavy atom. The Kier molecular flexibility index (Phi) is 4.10. The summed E-state index contributed by atoms with van der Waals surface area (Å²) in [5, 5.41) is 9.12. The van der Waals surface area contributed by atoms with Crippen LogP contribution in [0, 0.1) is 0 Å². The fourth-order valence-electron chi connectivity index (χ4n) is 1.60. The van der Waals surface area contributed by atoms with Crippen molar-refractivity contribution in [3.05, 3.63) is 45.2 Å². The van der Waals surface area contributed by atoms with Crippen LogP contribution < -0.4 is 14.6 Å².